The van der Waals surface area contributed by atoms with Crippen molar-refractivity contribution in [2.45, 2.75) is 31.6 Å². The SMILES string of the molecule is CN=C(NCCOc1ccc(C(F)(F)F)cn1)NC1CCc2ncnn2C1.I. The number of fused-ring (bicyclic) bond motifs is 1. The Morgan fingerprint density at radius 1 is 1.36 bits per heavy atom. The summed E-state index contributed by atoms with van der Waals surface area (Å²) in [5.74, 6) is 1.74. The minimum Gasteiger partial charge on any atom is -0.476 e. The normalized spacial score (nSPS) is 16.7. The molecule has 154 valence electrons. The first-order chi connectivity index (χ1) is 13.0. The number of aliphatic imine (C=N–C) groups is 1. The largest absolute Gasteiger partial charge is 0.476 e. The molecule has 0 radical (unpaired) electrons. The Balaban J connectivity index is 0.00000280. The maximum absolute atomic E-state index is 12.5. The highest BCUT2D eigenvalue weighted by molar-refractivity contribution is 14.0. The Bertz CT molecular complexity index is 779. The fourth-order valence-corrected chi connectivity index (χ4v) is 2.70. The Kier molecular flexibility index (Phi) is 7.83. The average Bonchev–Trinajstić information content (AvgIpc) is 3.11. The van der Waals surface area contributed by atoms with Gasteiger partial charge >= 0.3 is 6.18 Å². The second kappa shape index (κ2) is 9.89. The Morgan fingerprint density at radius 2 is 2.18 bits per heavy atom. The fourth-order valence-electron chi connectivity index (χ4n) is 2.70. The number of guanidine groups is 1. The molecule has 0 spiro atoms. The van der Waals surface area contributed by atoms with Gasteiger partial charge in [0.2, 0.25) is 5.88 Å². The van der Waals surface area contributed by atoms with Crippen LogP contribution in [-0.4, -0.2) is 51.9 Å². The van der Waals surface area contributed by atoms with Crippen molar-refractivity contribution in [3.63, 3.8) is 0 Å². The summed E-state index contributed by atoms with van der Waals surface area (Å²) < 4.78 is 44.7. The molecule has 1 unspecified atom stereocenters. The van der Waals surface area contributed by atoms with Crippen molar-refractivity contribution in [3.05, 3.63) is 36.0 Å². The van der Waals surface area contributed by atoms with Crippen LogP contribution in [0.1, 0.15) is 17.8 Å². The number of nitrogens with one attached hydrogen (secondary N) is 2. The summed E-state index contributed by atoms with van der Waals surface area (Å²) in [4.78, 5) is 12.0. The predicted octanol–water partition coefficient (Wildman–Crippen LogP) is 1.87. The van der Waals surface area contributed by atoms with Crippen LogP contribution in [0.15, 0.2) is 29.6 Å². The van der Waals surface area contributed by atoms with Crippen molar-refractivity contribution in [1.29, 1.82) is 0 Å². The van der Waals surface area contributed by atoms with Crippen molar-refractivity contribution in [2.75, 3.05) is 20.2 Å². The molecule has 0 aromatic carbocycles. The van der Waals surface area contributed by atoms with Gasteiger partial charge in [-0.2, -0.15) is 18.3 Å². The maximum Gasteiger partial charge on any atom is 0.417 e. The molecule has 0 bridgehead atoms. The minimum absolute atomic E-state index is 0. The van der Waals surface area contributed by atoms with Gasteiger partial charge in [-0.3, -0.25) is 4.99 Å². The van der Waals surface area contributed by atoms with Crippen LogP contribution in [0.5, 0.6) is 5.88 Å². The quantitative estimate of drug-likeness (QED) is 0.276. The van der Waals surface area contributed by atoms with Gasteiger partial charge in [0, 0.05) is 31.8 Å². The molecule has 0 aliphatic carbocycles. The van der Waals surface area contributed by atoms with Crippen LogP contribution in [0.2, 0.25) is 0 Å². The van der Waals surface area contributed by atoms with Crippen LogP contribution < -0.4 is 15.4 Å². The number of aromatic nitrogens is 4. The van der Waals surface area contributed by atoms with E-state index in [1.165, 1.54) is 6.07 Å². The van der Waals surface area contributed by atoms with E-state index in [9.17, 15) is 13.2 Å². The van der Waals surface area contributed by atoms with Gasteiger partial charge in [-0.05, 0) is 12.5 Å². The van der Waals surface area contributed by atoms with E-state index in [1.807, 2.05) is 4.68 Å². The van der Waals surface area contributed by atoms with Crippen molar-refractivity contribution < 1.29 is 17.9 Å². The zero-order valence-electron chi connectivity index (χ0n) is 15.1. The molecule has 3 heterocycles. The third-order valence-electron chi connectivity index (χ3n) is 4.08. The predicted molar refractivity (Wildman–Crippen MR) is 107 cm³/mol. The highest BCUT2D eigenvalue weighted by atomic mass is 127. The van der Waals surface area contributed by atoms with E-state index in [2.05, 4.69) is 30.7 Å². The standard InChI is InChI=1S/C16H20F3N7O.HI/c1-20-15(25-12-3-4-13-23-10-24-26(13)9-12)21-6-7-27-14-5-2-11(8-22-14)16(17,18)19;/h2,5,8,10,12H,3-4,6-7,9H2,1H3,(H2,20,21,25);1H. The highest BCUT2D eigenvalue weighted by Crippen LogP contribution is 2.29. The second-order valence-electron chi connectivity index (χ2n) is 5.97. The Labute approximate surface area is 177 Å². The third kappa shape index (κ3) is 5.94. The van der Waals surface area contributed by atoms with Gasteiger partial charge in [0.15, 0.2) is 5.96 Å². The molecule has 1 aliphatic rings. The number of rotatable bonds is 5. The average molecular weight is 511 g/mol. The molecule has 3 rings (SSSR count). The van der Waals surface area contributed by atoms with E-state index >= 15 is 0 Å². The van der Waals surface area contributed by atoms with Gasteiger partial charge in [0.05, 0.1) is 18.7 Å². The first-order valence-corrected chi connectivity index (χ1v) is 8.45. The molecule has 12 heteroatoms. The second-order valence-corrected chi connectivity index (χ2v) is 5.97. The maximum atomic E-state index is 12.5. The molecule has 28 heavy (non-hydrogen) atoms. The van der Waals surface area contributed by atoms with Crippen molar-refractivity contribution in [3.8, 4) is 5.88 Å². The third-order valence-corrected chi connectivity index (χ3v) is 4.08. The topological polar surface area (TPSA) is 89.2 Å². The first-order valence-electron chi connectivity index (χ1n) is 8.45. The molecular weight excluding hydrogens is 490 g/mol. The van der Waals surface area contributed by atoms with Crippen LogP contribution in [0.3, 0.4) is 0 Å². The van der Waals surface area contributed by atoms with Crippen molar-refractivity contribution >= 4 is 29.9 Å². The molecular formula is C16H21F3IN7O. The van der Waals surface area contributed by atoms with E-state index in [0.717, 1.165) is 30.9 Å². The zero-order valence-corrected chi connectivity index (χ0v) is 17.4. The molecule has 8 nitrogen and oxygen atoms in total. The molecule has 2 N–H and O–H groups in total. The van der Waals surface area contributed by atoms with E-state index in [1.54, 1.807) is 13.4 Å². The number of aryl methyl sites for hydroxylation is 1. The summed E-state index contributed by atoms with van der Waals surface area (Å²) in [6.07, 6.45) is -0.331. The minimum atomic E-state index is -4.41. The summed E-state index contributed by atoms with van der Waals surface area (Å²) in [6, 6.07) is 2.33. The summed E-state index contributed by atoms with van der Waals surface area (Å²) in [5, 5.41) is 10.6. The highest BCUT2D eigenvalue weighted by Gasteiger charge is 2.30. The Hall–Kier alpha value is -2.12. The van der Waals surface area contributed by atoms with Crippen LogP contribution in [0, 0.1) is 0 Å². The monoisotopic (exact) mass is 511 g/mol. The lowest BCUT2D eigenvalue weighted by Gasteiger charge is -2.25. The molecule has 2 aromatic heterocycles. The Morgan fingerprint density at radius 3 is 2.86 bits per heavy atom. The molecule has 1 atom stereocenters. The number of pyridine rings is 1. The molecule has 1 aliphatic heterocycles. The van der Waals surface area contributed by atoms with Crippen LogP contribution in [0.4, 0.5) is 13.2 Å². The molecule has 2 aromatic rings. The van der Waals surface area contributed by atoms with E-state index in [4.69, 9.17) is 4.74 Å². The number of hydrogen-bond acceptors (Lipinski definition) is 5. The van der Waals surface area contributed by atoms with Gasteiger partial charge in [0.25, 0.3) is 0 Å². The number of nitrogens with zero attached hydrogens (tertiary/aromatic N) is 5. The zero-order chi connectivity index (χ0) is 19.3. The molecule has 0 fully saturated rings. The summed E-state index contributed by atoms with van der Waals surface area (Å²) in [7, 11) is 1.66. The van der Waals surface area contributed by atoms with E-state index in [-0.39, 0.29) is 42.5 Å². The lowest BCUT2D eigenvalue weighted by Crippen LogP contribution is -2.47. The van der Waals surface area contributed by atoms with Crippen LogP contribution in [0.25, 0.3) is 0 Å². The number of alkyl halides is 3. The van der Waals surface area contributed by atoms with Crippen LogP contribution >= 0.6 is 24.0 Å². The molecule has 0 saturated carbocycles. The first kappa shape index (κ1) is 22.2. The van der Waals surface area contributed by atoms with Crippen molar-refractivity contribution in [2.24, 2.45) is 4.99 Å². The van der Waals surface area contributed by atoms with Gasteiger partial charge in [-0.25, -0.2) is 14.6 Å². The summed E-state index contributed by atoms with van der Waals surface area (Å²) >= 11 is 0. The van der Waals surface area contributed by atoms with Crippen molar-refractivity contribution in [1.82, 2.24) is 30.4 Å². The van der Waals surface area contributed by atoms with Gasteiger partial charge in [0.1, 0.15) is 18.8 Å². The number of halogens is 4. The summed E-state index contributed by atoms with van der Waals surface area (Å²) in [5.41, 5.74) is -0.805. The lowest BCUT2D eigenvalue weighted by atomic mass is 10.1. The summed E-state index contributed by atoms with van der Waals surface area (Å²) in [6.45, 7) is 1.36. The van der Waals surface area contributed by atoms with Gasteiger partial charge < -0.3 is 15.4 Å². The van der Waals surface area contributed by atoms with Gasteiger partial charge in [-0.15, -0.1) is 24.0 Å². The fraction of sp³-hybridized carbons (Fsp3) is 0.500. The van der Waals surface area contributed by atoms with Gasteiger partial charge in [-0.1, -0.05) is 0 Å². The molecule has 0 saturated heterocycles. The lowest BCUT2D eigenvalue weighted by molar-refractivity contribution is -0.137. The smallest absolute Gasteiger partial charge is 0.417 e. The van der Waals surface area contributed by atoms with E-state index < -0.39 is 11.7 Å². The number of ether oxygens (including phenoxy) is 1. The number of hydrogen-bond donors (Lipinski definition) is 2. The van der Waals surface area contributed by atoms with E-state index in [0.29, 0.717) is 19.0 Å². The molecule has 0 amide bonds. The van der Waals surface area contributed by atoms with Crippen LogP contribution in [-0.2, 0) is 19.1 Å².